The van der Waals surface area contributed by atoms with Crippen molar-refractivity contribution in [3.05, 3.63) is 72.1 Å². The Morgan fingerprint density at radius 2 is 1.73 bits per heavy atom. The molecule has 0 atom stereocenters. The lowest BCUT2D eigenvalue weighted by molar-refractivity contribution is 0.719. The van der Waals surface area contributed by atoms with E-state index in [1.165, 1.54) is 16.8 Å². The second kappa shape index (κ2) is 7.04. The first kappa shape index (κ1) is 16.4. The summed E-state index contributed by atoms with van der Waals surface area (Å²) < 4.78 is 0. The van der Waals surface area contributed by atoms with E-state index in [9.17, 15) is 0 Å². The molecule has 5 nitrogen and oxygen atoms in total. The van der Waals surface area contributed by atoms with Crippen LogP contribution in [-0.2, 0) is 13.0 Å². The summed E-state index contributed by atoms with van der Waals surface area (Å²) in [4.78, 5) is 13.2. The van der Waals surface area contributed by atoms with Gasteiger partial charge >= 0.3 is 0 Å². The SMILES string of the molecule is CN(C)c1ccc(Nc2cc(N3CCc4ccccc4C3)ncn2)cc1. The number of aromatic nitrogens is 2. The molecular formula is C21H23N5. The highest BCUT2D eigenvalue weighted by molar-refractivity contribution is 5.62. The van der Waals surface area contributed by atoms with Crippen molar-refractivity contribution in [1.82, 2.24) is 9.97 Å². The Labute approximate surface area is 154 Å². The number of nitrogens with zero attached hydrogens (tertiary/aromatic N) is 4. The van der Waals surface area contributed by atoms with Crippen LogP contribution < -0.4 is 15.1 Å². The van der Waals surface area contributed by atoms with Gasteiger partial charge in [-0.1, -0.05) is 24.3 Å². The molecule has 0 fully saturated rings. The van der Waals surface area contributed by atoms with Crippen LogP contribution in [0.4, 0.5) is 23.0 Å². The first-order chi connectivity index (χ1) is 12.7. The van der Waals surface area contributed by atoms with Gasteiger partial charge in [0.2, 0.25) is 0 Å². The molecule has 2 heterocycles. The number of fused-ring (bicyclic) bond motifs is 1. The van der Waals surface area contributed by atoms with Crippen LogP contribution >= 0.6 is 0 Å². The highest BCUT2D eigenvalue weighted by atomic mass is 15.2. The molecule has 26 heavy (non-hydrogen) atoms. The maximum absolute atomic E-state index is 4.48. The lowest BCUT2D eigenvalue weighted by Gasteiger charge is -2.29. The minimum absolute atomic E-state index is 0.812. The van der Waals surface area contributed by atoms with Gasteiger partial charge in [-0.2, -0.15) is 0 Å². The van der Waals surface area contributed by atoms with Gasteiger partial charge in [-0.25, -0.2) is 9.97 Å². The van der Waals surface area contributed by atoms with Crippen molar-refractivity contribution >= 4 is 23.0 Å². The molecule has 0 aliphatic carbocycles. The number of benzene rings is 2. The normalized spacial score (nSPS) is 13.2. The molecule has 0 amide bonds. The third-order valence-electron chi connectivity index (χ3n) is 4.76. The molecule has 0 saturated carbocycles. The van der Waals surface area contributed by atoms with Crippen molar-refractivity contribution in [3.63, 3.8) is 0 Å². The van der Waals surface area contributed by atoms with Crippen molar-refractivity contribution in [2.45, 2.75) is 13.0 Å². The van der Waals surface area contributed by atoms with E-state index in [0.29, 0.717) is 0 Å². The summed E-state index contributed by atoms with van der Waals surface area (Å²) in [7, 11) is 4.08. The molecule has 0 spiro atoms. The second-order valence-corrected chi connectivity index (χ2v) is 6.77. The molecule has 0 unspecified atom stereocenters. The van der Waals surface area contributed by atoms with E-state index in [-0.39, 0.29) is 0 Å². The zero-order chi connectivity index (χ0) is 17.9. The van der Waals surface area contributed by atoms with E-state index < -0.39 is 0 Å². The third-order valence-corrected chi connectivity index (χ3v) is 4.76. The van der Waals surface area contributed by atoms with Gasteiger partial charge in [0.1, 0.15) is 18.0 Å². The maximum Gasteiger partial charge on any atom is 0.135 e. The molecule has 1 N–H and O–H groups in total. The van der Waals surface area contributed by atoms with Gasteiger partial charge < -0.3 is 15.1 Å². The quantitative estimate of drug-likeness (QED) is 0.778. The fourth-order valence-electron chi connectivity index (χ4n) is 3.27. The van der Waals surface area contributed by atoms with E-state index in [0.717, 1.165) is 36.8 Å². The van der Waals surface area contributed by atoms with Crippen LogP contribution in [0.2, 0.25) is 0 Å². The van der Waals surface area contributed by atoms with Gasteiger partial charge in [0, 0.05) is 44.6 Å². The molecule has 5 heteroatoms. The predicted molar refractivity (Wildman–Crippen MR) is 107 cm³/mol. The minimum atomic E-state index is 0.812. The summed E-state index contributed by atoms with van der Waals surface area (Å²) in [6.45, 7) is 1.87. The van der Waals surface area contributed by atoms with Gasteiger partial charge in [-0.3, -0.25) is 0 Å². The molecule has 0 saturated heterocycles. The molecule has 1 aliphatic rings. The van der Waals surface area contributed by atoms with Gasteiger partial charge in [-0.05, 0) is 41.8 Å². The Bertz CT molecular complexity index is 889. The molecule has 0 bridgehead atoms. The highest BCUT2D eigenvalue weighted by Gasteiger charge is 2.17. The average Bonchev–Trinajstić information content (AvgIpc) is 2.68. The van der Waals surface area contributed by atoms with Crippen LogP contribution in [0.15, 0.2) is 60.9 Å². The molecule has 132 valence electrons. The largest absolute Gasteiger partial charge is 0.378 e. The smallest absolute Gasteiger partial charge is 0.135 e. The molecule has 0 radical (unpaired) electrons. The van der Waals surface area contributed by atoms with Crippen LogP contribution in [0, 0.1) is 0 Å². The van der Waals surface area contributed by atoms with Gasteiger partial charge in [-0.15, -0.1) is 0 Å². The first-order valence-corrected chi connectivity index (χ1v) is 8.87. The summed E-state index contributed by atoms with van der Waals surface area (Å²) in [6, 6.07) is 19.0. The Balaban J connectivity index is 1.50. The monoisotopic (exact) mass is 345 g/mol. The Morgan fingerprint density at radius 1 is 0.962 bits per heavy atom. The van der Waals surface area contributed by atoms with Crippen molar-refractivity contribution in [2.24, 2.45) is 0 Å². The lowest BCUT2D eigenvalue weighted by atomic mass is 10.00. The van der Waals surface area contributed by atoms with E-state index in [2.05, 4.69) is 73.6 Å². The van der Waals surface area contributed by atoms with Crippen molar-refractivity contribution < 1.29 is 0 Å². The highest BCUT2D eigenvalue weighted by Crippen LogP contribution is 2.25. The Hall–Kier alpha value is -3.08. The summed E-state index contributed by atoms with van der Waals surface area (Å²) >= 11 is 0. The summed E-state index contributed by atoms with van der Waals surface area (Å²) in [5, 5.41) is 3.37. The Kier molecular flexibility index (Phi) is 4.44. The standard InChI is InChI=1S/C21H23N5/c1-25(2)19-9-7-18(8-10-19)24-20-13-21(23-15-22-20)26-12-11-16-5-3-4-6-17(16)14-26/h3-10,13,15H,11-12,14H2,1-2H3,(H,22,23,24). The number of nitrogens with one attached hydrogen (secondary N) is 1. The molecule has 3 aromatic rings. The molecule has 4 rings (SSSR count). The summed E-state index contributed by atoms with van der Waals surface area (Å²) in [6.07, 6.45) is 2.68. The number of rotatable bonds is 4. The van der Waals surface area contributed by atoms with Crippen LogP contribution in [0.5, 0.6) is 0 Å². The number of hydrogen-bond donors (Lipinski definition) is 1. The second-order valence-electron chi connectivity index (χ2n) is 6.77. The lowest BCUT2D eigenvalue weighted by Crippen LogP contribution is -2.31. The predicted octanol–water partition coefficient (Wildman–Crippen LogP) is 3.85. The average molecular weight is 345 g/mol. The molecular weight excluding hydrogens is 322 g/mol. The van der Waals surface area contributed by atoms with E-state index in [1.54, 1.807) is 6.33 Å². The molecule has 1 aromatic heterocycles. The van der Waals surface area contributed by atoms with E-state index in [4.69, 9.17) is 0 Å². The fourth-order valence-corrected chi connectivity index (χ4v) is 3.27. The van der Waals surface area contributed by atoms with Crippen LogP contribution in [0.25, 0.3) is 0 Å². The first-order valence-electron chi connectivity index (χ1n) is 8.87. The molecule has 2 aromatic carbocycles. The minimum Gasteiger partial charge on any atom is -0.378 e. The zero-order valence-corrected chi connectivity index (χ0v) is 15.2. The number of anilines is 4. The number of hydrogen-bond acceptors (Lipinski definition) is 5. The van der Waals surface area contributed by atoms with Crippen molar-refractivity contribution in [2.75, 3.05) is 35.8 Å². The van der Waals surface area contributed by atoms with E-state index >= 15 is 0 Å². The van der Waals surface area contributed by atoms with Crippen LogP contribution in [0.1, 0.15) is 11.1 Å². The maximum atomic E-state index is 4.48. The topological polar surface area (TPSA) is 44.3 Å². The summed E-state index contributed by atoms with van der Waals surface area (Å²) in [5.41, 5.74) is 5.01. The van der Waals surface area contributed by atoms with E-state index in [1.807, 2.05) is 20.2 Å². The van der Waals surface area contributed by atoms with Gasteiger partial charge in [0.05, 0.1) is 0 Å². The van der Waals surface area contributed by atoms with Crippen LogP contribution in [-0.4, -0.2) is 30.6 Å². The van der Waals surface area contributed by atoms with Crippen LogP contribution in [0.3, 0.4) is 0 Å². The fraction of sp³-hybridized carbons (Fsp3) is 0.238. The van der Waals surface area contributed by atoms with Gasteiger partial charge in [0.15, 0.2) is 0 Å². The third kappa shape index (κ3) is 3.47. The Morgan fingerprint density at radius 3 is 2.50 bits per heavy atom. The van der Waals surface area contributed by atoms with Crippen molar-refractivity contribution in [3.8, 4) is 0 Å². The zero-order valence-electron chi connectivity index (χ0n) is 15.2. The van der Waals surface area contributed by atoms with Gasteiger partial charge in [0.25, 0.3) is 0 Å². The van der Waals surface area contributed by atoms with Crippen molar-refractivity contribution in [1.29, 1.82) is 0 Å². The summed E-state index contributed by atoms with van der Waals surface area (Å²) in [5.74, 6) is 1.77. The molecule has 1 aliphatic heterocycles.